The van der Waals surface area contributed by atoms with Crippen molar-refractivity contribution in [1.82, 2.24) is 15.5 Å². The van der Waals surface area contributed by atoms with E-state index in [1.54, 1.807) is 0 Å². The average Bonchev–Trinajstić information content (AvgIpc) is 2.74. The zero-order valence-corrected chi connectivity index (χ0v) is 19.9. The summed E-state index contributed by atoms with van der Waals surface area (Å²) >= 11 is 0. The SMILES string of the molecule is CCNC(=NCc1cccc(NC(=O)C(C)CC)c1)NC(C)CCCN(CC)CC. The molecule has 0 bridgehead atoms. The number of carbonyl (C=O) groups excluding carboxylic acids is 1. The lowest BCUT2D eigenvalue weighted by molar-refractivity contribution is -0.119. The summed E-state index contributed by atoms with van der Waals surface area (Å²) in [6.45, 7) is 17.4. The molecule has 0 radical (unpaired) electrons. The summed E-state index contributed by atoms with van der Waals surface area (Å²) in [4.78, 5) is 19.3. The van der Waals surface area contributed by atoms with Crippen LogP contribution in [0.3, 0.4) is 0 Å². The Morgan fingerprint density at radius 3 is 2.50 bits per heavy atom. The van der Waals surface area contributed by atoms with Gasteiger partial charge in [-0.2, -0.15) is 0 Å². The van der Waals surface area contributed by atoms with Crippen molar-refractivity contribution in [1.29, 1.82) is 0 Å². The molecule has 0 aliphatic rings. The predicted octanol–water partition coefficient (Wildman–Crippen LogP) is 4.24. The third-order valence-electron chi connectivity index (χ3n) is 5.41. The Balaban J connectivity index is 2.63. The number of benzene rings is 1. The Morgan fingerprint density at radius 2 is 1.87 bits per heavy atom. The van der Waals surface area contributed by atoms with E-state index in [0.717, 1.165) is 56.2 Å². The van der Waals surface area contributed by atoms with Crippen molar-refractivity contribution in [3.8, 4) is 0 Å². The smallest absolute Gasteiger partial charge is 0.227 e. The monoisotopic (exact) mass is 417 g/mol. The molecule has 6 heteroatoms. The van der Waals surface area contributed by atoms with E-state index in [1.807, 2.05) is 38.1 Å². The summed E-state index contributed by atoms with van der Waals surface area (Å²) in [5, 5.41) is 9.85. The highest BCUT2D eigenvalue weighted by atomic mass is 16.1. The maximum Gasteiger partial charge on any atom is 0.227 e. The summed E-state index contributed by atoms with van der Waals surface area (Å²) < 4.78 is 0. The van der Waals surface area contributed by atoms with Crippen molar-refractivity contribution in [2.24, 2.45) is 10.9 Å². The Kier molecular flexibility index (Phi) is 12.8. The molecule has 0 saturated carbocycles. The third kappa shape index (κ3) is 10.1. The second-order valence-electron chi connectivity index (χ2n) is 7.91. The molecule has 2 unspecified atom stereocenters. The molecule has 1 rings (SSSR count). The van der Waals surface area contributed by atoms with Gasteiger partial charge in [0, 0.05) is 24.2 Å². The highest BCUT2D eigenvalue weighted by Gasteiger charge is 2.11. The largest absolute Gasteiger partial charge is 0.357 e. The van der Waals surface area contributed by atoms with Crippen LogP contribution in [0.4, 0.5) is 5.69 Å². The predicted molar refractivity (Wildman–Crippen MR) is 129 cm³/mol. The Bertz CT molecular complexity index is 642. The zero-order chi connectivity index (χ0) is 22.4. The first-order chi connectivity index (χ1) is 14.4. The van der Waals surface area contributed by atoms with Gasteiger partial charge in [0.15, 0.2) is 5.96 Å². The van der Waals surface area contributed by atoms with Gasteiger partial charge in [0.1, 0.15) is 0 Å². The van der Waals surface area contributed by atoms with Crippen molar-refractivity contribution in [3.63, 3.8) is 0 Å². The summed E-state index contributed by atoms with van der Waals surface area (Å²) in [5.41, 5.74) is 1.90. The van der Waals surface area contributed by atoms with E-state index in [0.29, 0.717) is 12.6 Å². The van der Waals surface area contributed by atoms with Crippen molar-refractivity contribution < 1.29 is 4.79 Å². The quantitative estimate of drug-likeness (QED) is 0.332. The molecule has 0 aromatic heterocycles. The van der Waals surface area contributed by atoms with Crippen molar-refractivity contribution in [3.05, 3.63) is 29.8 Å². The maximum atomic E-state index is 12.1. The Hall–Kier alpha value is -2.08. The van der Waals surface area contributed by atoms with Gasteiger partial charge in [0.2, 0.25) is 5.91 Å². The van der Waals surface area contributed by atoms with Gasteiger partial charge in [-0.05, 0) is 70.4 Å². The van der Waals surface area contributed by atoms with Gasteiger partial charge in [-0.1, -0.05) is 39.8 Å². The average molecular weight is 418 g/mol. The molecule has 30 heavy (non-hydrogen) atoms. The molecule has 0 aliphatic carbocycles. The zero-order valence-electron chi connectivity index (χ0n) is 19.9. The summed E-state index contributed by atoms with van der Waals surface area (Å²) in [5.74, 6) is 0.910. The maximum absolute atomic E-state index is 12.1. The second-order valence-corrected chi connectivity index (χ2v) is 7.91. The molecular formula is C24H43N5O. The van der Waals surface area contributed by atoms with Crippen molar-refractivity contribution >= 4 is 17.6 Å². The lowest BCUT2D eigenvalue weighted by Crippen LogP contribution is -2.42. The fourth-order valence-electron chi connectivity index (χ4n) is 3.16. The molecule has 1 aromatic rings. The number of carbonyl (C=O) groups is 1. The van der Waals surface area contributed by atoms with Gasteiger partial charge in [0.25, 0.3) is 0 Å². The molecule has 0 fully saturated rings. The van der Waals surface area contributed by atoms with E-state index in [1.165, 1.54) is 6.42 Å². The van der Waals surface area contributed by atoms with Crippen LogP contribution in [0.2, 0.25) is 0 Å². The van der Waals surface area contributed by atoms with Gasteiger partial charge < -0.3 is 20.9 Å². The van der Waals surface area contributed by atoms with Crippen LogP contribution in [-0.2, 0) is 11.3 Å². The highest BCUT2D eigenvalue weighted by molar-refractivity contribution is 5.92. The molecule has 1 aromatic carbocycles. The molecular weight excluding hydrogens is 374 g/mol. The van der Waals surface area contributed by atoms with Gasteiger partial charge in [-0.3, -0.25) is 4.79 Å². The van der Waals surface area contributed by atoms with Crippen LogP contribution < -0.4 is 16.0 Å². The first-order valence-electron chi connectivity index (χ1n) is 11.6. The van der Waals surface area contributed by atoms with Gasteiger partial charge in [-0.15, -0.1) is 0 Å². The van der Waals surface area contributed by atoms with Gasteiger partial charge >= 0.3 is 0 Å². The van der Waals surface area contributed by atoms with Gasteiger partial charge in [-0.25, -0.2) is 4.99 Å². The van der Waals surface area contributed by atoms with E-state index in [2.05, 4.69) is 48.5 Å². The standard InChI is InChI=1S/C24H43N5O/c1-7-19(5)23(30)28-22-15-11-14-21(17-22)18-26-24(25-8-2)27-20(6)13-12-16-29(9-3)10-4/h11,14-15,17,19-20H,7-10,12-13,16,18H2,1-6H3,(H,28,30)(H2,25,26,27). The number of hydrogen-bond acceptors (Lipinski definition) is 3. The lowest BCUT2D eigenvalue weighted by atomic mass is 10.1. The molecule has 0 aliphatic heterocycles. The van der Waals surface area contributed by atoms with Crippen LogP contribution in [0.5, 0.6) is 0 Å². The minimum absolute atomic E-state index is 0.0134. The van der Waals surface area contributed by atoms with Gasteiger partial charge in [0.05, 0.1) is 6.54 Å². The first kappa shape index (κ1) is 26.0. The van der Waals surface area contributed by atoms with Crippen LogP contribution in [-0.4, -0.2) is 49.0 Å². The van der Waals surface area contributed by atoms with E-state index in [9.17, 15) is 4.79 Å². The van der Waals surface area contributed by atoms with Crippen LogP contribution >= 0.6 is 0 Å². The molecule has 0 spiro atoms. The number of aliphatic imine (C=N–C) groups is 1. The second kappa shape index (κ2) is 14.8. The minimum atomic E-state index is 0.0134. The van der Waals surface area contributed by atoms with E-state index in [4.69, 9.17) is 4.99 Å². The molecule has 0 saturated heterocycles. The van der Waals surface area contributed by atoms with Crippen molar-refractivity contribution in [2.75, 3.05) is 31.5 Å². The number of hydrogen-bond donors (Lipinski definition) is 3. The van der Waals surface area contributed by atoms with Crippen LogP contribution in [0.15, 0.2) is 29.3 Å². The topological polar surface area (TPSA) is 68.8 Å². The van der Waals surface area contributed by atoms with E-state index >= 15 is 0 Å². The number of guanidine groups is 1. The third-order valence-corrected chi connectivity index (χ3v) is 5.41. The van der Waals surface area contributed by atoms with E-state index in [-0.39, 0.29) is 11.8 Å². The fraction of sp³-hybridized carbons (Fsp3) is 0.667. The summed E-state index contributed by atoms with van der Waals surface area (Å²) in [6, 6.07) is 8.29. The summed E-state index contributed by atoms with van der Waals surface area (Å²) in [7, 11) is 0. The summed E-state index contributed by atoms with van der Waals surface area (Å²) in [6.07, 6.45) is 3.12. The molecule has 3 N–H and O–H groups in total. The molecule has 6 nitrogen and oxygen atoms in total. The molecule has 1 amide bonds. The highest BCUT2D eigenvalue weighted by Crippen LogP contribution is 2.14. The normalized spacial score (nSPS) is 13.8. The van der Waals surface area contributed by atoms with Crippen molar-refractivity contribution in [2.45, 2.75) is 73.4 Å². The minimum Gasteiger partial charge on any atom is -0.357 e. The van der Waals surface area contributed by atoms with Crippen LogP contribution in [0, 0.1) is 5.92 Å². The molecule has 2 atom stereocenters. The lowest BCUT2D eigenvalue weighted by Gasteiger charge is -2.21. The van der Waals surface area contributed by atoms with Crippen LogP contribution in [0.1, 0.15) is 66.4 Å². The number of rotatable bonds is 13. The number of nitrogens with one attached hydrogen (secondary N) is 3. The Morgan fingerprint density at radius 1 is 1.13 bits per heavy atom. The number of nitrogens with zero attached hydrogens (tertiary/aromatic N) is 2. The number of amides is 1. The van der Waals surface area contributed by atoms with E-state index < -0.39 is 0 Å². The first-order valence-corrected chi connectivity index (χ1v) is 11.6. The van der Waals surface area contributed by atoms with Crippen LogP contribution in [0.25, 0.3) is 0 Å². The molecule has 170 valence electrons. The molecule has 0 heterocycles. The number of anilines is 1. The fourth-order valence-corrected chi connectivity index (χ4v) is 3.16. The Labute approximate surface area is 183 Å².